The molecule has 3 saturated heterocycles. The first-order chi connectivity index (χ1) is 26.8. The van der Waals surface area contributed by atoms with Crippen molar-refractivity contribution in [3.8, 4) is 0 Å². The summed E-state index contributed by atoms with van der Waals surface area (Å²) in [6.45, 7) is 17.3. The van der Waals surface area contributed by atoms with Crippen LogP contribution in [0.15, 0.2) is 36.5 Å². The van der Waals surface area contributed by atoms with E-state index in [9.17, 15) is 24.3 Å². The van der Waals surface area contributed by atoms with Crippen LogP contribution >= 0.6 is 0 Å². The normalized spacial score (nSPS) is 41.0. The molecule has 0 spiro atoms. The highest BCUT2D eigenvalue weighted by atomic mass is 16.6. The fourth-order valence-corrected chi connectivity index (χ4v) is 10.7. The van der Waals surface area contributed by atoms with E-state index in [2.05, 4.69) is 19.7 Å². The van der Waals surface area contributed by atoms with Crippen LogP contribution in [0.5, 0.6) is 0 Å². The molecule has 56 heavy (non-hydrogen) atoms. The van der Waals surface area contributed by atoms with Crippen LogP contribution in [0.3, 0.4) is 0 Å². The molecule has 0 aromatic carbocycles. The van der Waals surface area contributed by atoms with Crippen molar-refractivity contribution in [3.05, 3.63) is 36.5 Å². The van der Waals surface area contributed by atoms with Crippen molar-refractivity contribution >= 4 is 23.9 Å². The predicted molar refractivity (Wildman–Crippen MR) is 202 cm³/mol. The van der Waals surface area contributed by atoms with E-state index in [-0.39, 0.29) is 36.4 Å². The van der Waals surface area contributed by atoms with Gasteiger partial charge in [-0.05, 0) is 127 Å². The summed E-state index contributed by atoms with van der Waals surface area (Å²) in [7, 11) is 0. The summed E-state index contributed by atoms with van der Waals surface area (Å²) in [4.78, 5) is 46.4. The number of carbonyl (C=O) groups is 4. The van der Waals surface area contributed by atoms with Gasteiger partial charge >= 0.3 is 23.9 Å². The molecule has 9 rings (SSSR count). The molecule has 0 radical (unpaired) electrons. The average molecular weight is 783 g/mol. The number of fused-ring (bicyclic) bond motifs is 9. The standard InChI is InChI=1S/C19H28O6.C15H20O3.C10H14O3/c1-11(2)18(21)24-10-14-8-13(4-5-15(14)20)19(22)23-9-12-3-6-16-17(7-12)25-16;1-7(2)15(16)17-6-9-3-8-4-10(9)11-5-12-14(18-12)13(8)11;1-6(2)10(11)12-5-7-3-4-8-9(7)13-8/h12-17,20H,1,3-10H2,2H3;8-14H,1,3-6H2,2H3;7-9H,1,3-5H2,2H3. The minimum absolute atomic E-state index is 0.111. The first-order valence-corrected chi connectivity index (χ1v) is 21.1. The Morgan fingerprint density at radius 3 is 1.79 bits per heavy atom. The van der Waals surface area contributed by atoms with Crippen LogP contribution in [0.4, 0.5) is 0 Å². The molecular formula is C44H62O12. The van der Waals surface area contributed by atoms with Crippen LogP contribution in [0.2, 0.25) is 0 Å². The summed E-state index contributed by atoms with van der Waals surface area (Å²) < 4.78 is 37.6. The van der Waals surface area contributed by atoms with Gasteiger partial charge in [-0.3, -0.25) is 4.79 Å². The summed E-state index contributed by atoms with van der Waals surface area (Å²) in [6, 6.07) is 0. The van der Waals surface area contributed by atoms with Crippen LogP contribution in [-0.2, 0) is 52.3 Å². The molecule has 9 aliphatic rings. The molecule has 3 aliphatic heterocycles. The van der Waals surface area contributed by atoms with Crippen molar-refractivity contribution in [2.75, 3.05) is 26.4 Å². The van der Waals surface area contributed by atoms with Gasteiger partial charge in [-0.2, -0.15) is 0 Å². The highest BCUT2D eigenvalue weighted by Gasteiger charge is 2.66. The number of ether oxygens (including phenoxy) is 7. The Hall–Kier alpha value is -3.06. The van der Waals surface area contributed by atoms with Crippen molar-refractivity contribution < 1.29 is 57.4 Å². The topological polar surface area (TPSA) is 163 Å². The van der Waals surface area contributed by atoms with Crippen LogP contribution in [0.25, 0.3) is 0 Å². The Bertz CT molecular complexity index is 1540. The van der Waals surface area contributed by atoms with E-state index in [1.54, 1.807) is 20.8 Å². The number of aliphatic hydroxyl groups excluding tert-OH is 1. The Morgan fingerprint density at radius 2 is 1.18 bits per heavy atom. The minimum Gasteiger partial charge on any atom is -0.465 e. The molecule has 2 bridgehead atoms. The third-order valence-electron chi connectivity index (χ3n) is 14.0. The molecule has 16 unspecified atom stereocenters. The van der Waals surface area contributed by atoms with Gasteiger partial charge in [0.05, 0.1) is 75.1 Å². The zero-order valence-electron chi connectivity index (χ0n) is 33.4. The first kappa shape index (κ1) is 41.1. The van der Waals surface area contributed by atoms with E-state index in [1.807, 2.05) is 0 Å². The average Bonchev–Trinajstić information content (AvgIpc) is 4.13. The Labute approximate surface area is 331 Å². The maximum Gasteiger partial charge on any atom is 0.333 e. The second-order valence-corrected chi connectivity index (χ2v) is 18.2. The predicted octanol–water partition coefficient (Wildman–Crippen LogP) is 5.44. The lowest BCUT2D eigenvalue weighted by atomic mass is 9.75. The molecule has 9 fully saturated rings. The lowest BCUT2D eigenvalue weighted by Gasteiger charge is -2.32. The smallest absolute Gasteiger partial charge is 0.333 e. The summed E-state index contributed by atoms with van der Waals surface area (Å²) in [6.07, 6.45) is 13.1. The molecule has 6 saturated carbocycles. The lowest BCUT2D eigenvalue weighted by molar-refractivity contribution is -0.154. The Balaban J connectivity index is 0.000000136. The number of rotatable bonds is 12. The second kappa shape index (κ2) is 17.4. The maximum atomic E-state index is 12.4. The van der Waals surface area contributed by atoms with Crippen LogP contribution < -0.4 is 0 Å². The quantitative estimate of drug-likeness (QED) is 0.116. The van der Waals surface area contributed by atoms with Crippen molar-refractivity contribution in [2.24, 2.45) is 53.3 Å². The number of esters is 4. The van der Waals surface area contributed by atoms with E-state index in [0.717, 1.165) is 55.8 Å². The molecule has 12 heteroatoms. The number of hydrogen-bond donors (Lipinski definition) is 1. The summed E-state index contributed by atoms with van der Waals surface area (Å²) >= 11 is 0. The van der Waals surface area contributed by atoms with Gasteiger partial charge in [0.25, 0.3) is 0 Å². The minimum atomic E-state index is -0.552. The maximum absolute atomic E-state index is 12.4. The Kier molecular flexibility index (Phi) is 12.8. The van der Waals surface area contributed by atoms with Crippen LogP contribution in [0, 0.1) is 53.3 Å². The Morgan fingerprint density at radius 1 is 0.554 bits per heavy atom. The van der Waals surface area contributed by atoms with Crippen molar-refractivity contribution in [1.82, 2.24) is 0 Å². The zero-order valence-corrected chi connectivity index (χ0v) is 33.4. The largest absolute Gasteiger partial charge is 0.465 e. The molecule has 12 nitrogen and oxygen atoms in total. The van der Waals surface area contributed by atoms with Crippen LogP contribution in [-0.4, -0.2) is 98.1 Å². The zero-order chi connectivity index (χ0) is 39.8. The van der Waals surface area contributed by atoms with E-state index >= 15 is 0 Å². The van der Waals surface area contributed by atoms with Gasteiger partial charge in [0.2, 0.25) is 0 Å². The molecule has 6 aliphatic carbocycles. The molecule has 0 amide bonds. The highest BCUT2D eigenvalue weighted by molar-refractivity contribution is 5.87. The van der Waals surface area contributed by atoms with Crippen LogP contribution in [0.1, 0.15) is 91.4 Å². The number of epoxide rings is 3. The fourth-order valence-electron chi connectivity index (χ4n) is 10.7. The molecule has 3 heterocycles. The number of aliphatic hydroxyl groups is 1. The van der Waals surface area contributed by atoms with Gasteiger partial charge < -0.3 is 38.3 Å². The molecule has 310 valence electrons. The number of hydrogen-bond acceptors (Lipinski definition) is 12. The highest BCUT2D eigenvalue weighted by Crippen LogP contribution is 2.65. The van der Waals surface area contributed by atoms with Crippen molar-refractivity contribution in [1.29, 1.82) is 0 Å². The summed E-state index contributed by atoms with van der Waals surface area (Å²) in [5, 5.41) is 10.1. The van der Waals surface area contributed by atoms with E-state index in [0.29, 0.717) is 110 Å². The van der Waals surface area contributed by atoms with Crippen molar-refractivity contribution in [3.63, 3.8) is 0 Å². The van der Waals surface area contributed by atoms with Gasteiger partial charge in [0.15, 0.2) is 0 Å². The van der Waals surface area contributed by atoms with Gasteiger partial charge in [0.1, 0.15) is 0 Å². The lowest BCUT2D eigenvalue weighted by Crippen LogP contribution is -2.36. The molecule has 16 atom stereocenters. The monoisotopic (exact) mass is 782 g/mol. The fraction of sp³-hybridized carbons (Fsp3) is 0.773. The van der Waals surface area contributed by atoms with Gasteiger partial charge in [0, 0.05) is 28.6 Å². The SMILES string of the molecule is C=C(C)C(=O)OCC1CC(C(=O)OCC2CCC3OC3C2)CCC1O.C=C(C)C(=O)OCC1CC2CC1C1CC3OC3C21.C=C(C)C(=O)OCC1CCC2OC12. The second-order valence-electron chi connectivity index (χ2n) is 18.2. The van der Waals surface area contributed by atoms with Crippen molar-refractivity contribution in [2.45, 2.75) is 134 Å². The summed E-state index contributed by atoms with van der Waals surface area (Å²) in [5.41, 5.74) is 1.30. The third-order valence-corrected chi connectivity index (χ3v) is 14.0. The molecule has 1 N–H and O–H groups in total. The van der Waals surface area contributed by atoms with E-state index in [4.69, 9.17) is 33.2 Å². The molecule has 0 aromatic rings. The van der Waals surface area contributed by atoms with E-state index in [1.165, 1.54) is 19.3 Å². The third kappa shape index (κ3) is 9.79. The summed E-state index contributed by atoms with van der Waals surface area (Å²) in [5.74, 6) is 3.11. The number of carbonyl (C=O) groups excluding carboxylic acids is 4. The van der Waals surface area contributed by atoms with Gasteiger partial charge in [-0.15, -0.1) is 0 Å². The van der Waals surface area contributed by atoms with Gasteiger partial charge in [-0.25, -0.2) is 14.4 Å². The molecule has 0 aromatic heterocycles. The molecular weight excluding hydrogens is 720 g/mol. The van der Waals surface area contributed by atoms with E-state index < -0.39 is 12.1 Å². The first-order valence-electron chi connectivity index (χ1n) is 21.1. The van der Waals surface area contributed by atoms with Gasteiger partial charge in [-0.1, -0.05) is 19.7 Å².